The van der Waals surface area contributed by atoms with Gasteiger partial charge in [-0.05, 0) is 18.8 Å². The van der Waals surface area contributed by atoms with Gasteiger partial charge >= 0.3 is 6.09 Å². The molecule has 0 bridgehead atoms. The predicted molar refractivity (Wildman–Crippen MR) is 45.4 cm³/mol. The SMILES string of the molecule is O=C1CCC2CCN(C(=O)O)CC12. The van der Waals surface area contributed by atoms with Gasteiger partial charge in [-0.15, -0.1) is 0 Å². The van der Waals surface area contributed by atoms with Crippen molar-refractivity contribution < 1.29 is 14.7 Å². The third kappa shape index (κ3) is 1.41. The van der Waals surface area contributed by atoms with Crippen LogP contribution in [0.2, 0.25) is 0 Å². The van der Waals surface area contributed by atoms with Crippen molar-refractivity contribution in [1.29, 1.82) is 0 Å². The Kier molecular flexibility index (Phi) is 1.98. The molecule has 2 atom stereocenters. The molecule has 0 aromatic rings. The second kappa shape index (κ2) is 3.01. The minimum Gasteiger partial charge on any atom is -0.465 e. The van der Waals surface area contributed by atoms with Crippen LogP contribution in [0.4, 0.5) is 4.79 Å². The molecule has 4 nitrogen and oxygen atoms in total. The van der Waals surface area contributed by atoms with E-state index in [-0.39, 0.29) is 11.7 Å². The van der Waals surface area contributed by atoms with Crippen LogP contribution >= 0.6 is 0 Å². The fourth-order valence-corrected chi connectivity index (χ4v) is 2.40. The van der Waals surface area contributed by atoms with Gasteiger partial charge in [0.05, 0.1) is 0 Å². The molecule has 1 amide bonds. The van der Waals surface area contributed by atoms with Crippen molar-refractivity contribution >= 4 is 11.9 Å². The molecule has 0 radical (unpaired) electrons. The van der Waals surface area contributed by atoms with Gasteiger partial charge in [-0.2, -0.15) is 0 Å². The minimum absolute atomic E-state index is 0.00449. The Morgan fingerprint density at radius 2 is 2.23 bits per heavy atom. The normalized spacial score (nSPS) is 33.2. The number of fused-ring (bicyclic) bond motifs is 1. The monoisotopic (exact) mass is 183 g/mol. The zero-order chi connectivity index (χ0) is 9.42. The lowest BCUT2D eigenvalue weighted by Crippen LogP contribution is -2.43. The number of amides is 1. The molecule has 0 aromatic heterocycles. The Morgan fingerprint density at radius 1 is 1.46 bits per heavy atom. The van der Waals surface area contributed by atoms with E-state index in [1.54, 1.807) is 0 Å². The predicted octanol–water partition coefficient (Wildman–Crippen LogP) is 0.965. The summed E-state index contributed by atoms with van der Waals surface area (Å²) < 4.78 is 0. The number of piperidine rings is 1. The summed E-state index contributed by atoms with van der Waals surface area (Å²) in [6, 6.07) is 0. The van der Waals surface area contributed by atoms with Gasteiger partial charge in [-0.3, -0.25) is 4.79 Å². The summed E-state index contributed by atoms with van der Waals surface area (Å²) in [5, 5.41) is 8.76. The first-order valence-corrected chi connectivity index (χ1v) is 4.69. The molecule has 2 rings (SSSR count). The van der Waals surface area contributed by atoms with Gasteiger partial charge in [0.2, 0.25) is 0 Å². The first-order valence-electron chi connectivity index (χ1n) is 4.69. The molecule has 1 saturated carbocycles. The number of ketones is 1. The average molecular weight is 183 g/mol. The summed E-state index contributed by atoms with van der Waals surface area (Å²) in [7, 11) is 0. The zero-order valence-electron chi connectivity index (χ0n) is 7.40. The molecule has 1 N–H and O–H groups in total. The van der Waals surface area contributed by atoms with Crippen LogP contribution in [0.1, 0.15) is 19.3 Å². The quantitative estimate of drug-likeness (QED) is 0.608. The topological polar surface area (TPSA) is 57.6 Å². The molecule has 2 aliphatic rings. The molecule has 72 valence electrons. The second-order valence-electron chi connectivity index (χ2n) is 3.89. The van der Waals surface area contributed by atoms with Crippen LogP contribution in [0.15, 0.2) is 0 Å². The zero-order valence-corrected chi connectivity index (χ0v) is 7.40. The summed E-state index contributed by atoms with van der Waals surface area (Å²) in [5.74, 6) is 0.726. The van der Waals surface area contributed by atoms with E-state index in [1.807, 2.05) is 0 Å². The number of rotatable bonds is 0. The lowest BCUT2D eigenvalue weighted by atomic mass is 9.88. The van der Waals surface area contributed by atoms with Crippen LogP contribution in [-0.4, -0.2) is 35.0 Å². The van der Waals surface area contributed by atoms with Crippen LogP contribution in [-0.2, 0) is 4.79 Å². The molecule has 1 aliphatic carbocycles. The molecule has 2 fully saturated rings. The molecule has 2 unspecified atom stereocenters. The maximum Gasteiger partial charge on any atom is 0.407 e. The Morgan fingerprint density at radius 3 is 2.92 bits per heavy atom. The number of likely N-dealkylation sites (tertiary alicyclic amines) is 1. The fraction of sp³-hybridized carbons (Fsp3) is 0.778. The van der Waals surface area contributed by atoms with Gasteiger partial charge in [0.15, 0.2) is 0 Å². The van der Waals surface area contributed by atoms with Gasteiger partial charge in [0.25, 0.3) is 0 Å². The smallest absolute Gasteiger partial charge is 0.407 e. The third-order valence-electron chi connectivity index (χ3n) is 3.20. The summed E-state index contributed by atoms with van der Waals surface area (Å²) in [6.45, 7) is 1.03. The van der Waals surface area contributed by atoms with E-state index in [9.17, 15) is 9.59 Å². The van der Waals surface area contributed by atoms with Gasteiger partial charge in [-0.1, -0.05) is 0 Å². The van der Waals surface area contributed by atoms with Gasteiger partial charge in [0.1, 0.15) is 5.78 Å². The molecular weight excluding hydrogens is 170 g/mol. The molecular formula is C9H13NO3. The molecule has 0 spiro atoms. The van der Waals surface area contributed by atoms with E-state index in [2.05, 4.69) is 0 Å². The van der Waals surface area contributed by atoms with E-state index >= 15 is 0 Å². The van der Waals surface area contributed by atoms with Crippen LogP contribution in [0.25, 0.3) is 0 Å². The molecule has 1 aliphatic heterocycles. The third-order valence-corrected chi connectivity index (χ3v) is 3.20. The molecule has 1 saturated heterocycles. The lowest BCUT2D eigenvalue weighted by molar-refractivity contribution is -0.122. The highest BCUT2D eigenvalue weighted by atomic mass is 16.4. The number of carbonyl (C=O) groups excluding carboxylic acids is 1. The fourth-order valence-electron chi connectivity index (χ4n) is 2.40. The van der Waals surface area contributed by atoms with Crippen molar-refractivity contribution in [3.05, 3.63) is 0 Å². The highest BCUT2D eigenvalue weighted by Gasteiger charge is 2.39. The number of nitrogens with zero attached hydrogens (tertiary/aromatic N) is 1. The Balaban J connectivity index is 2.05. The lowest BCUT2D eigenvalue weighted by Gasteiger charge is -2.32. The van der Waals surface area contributed by atoms with Crippen LogP contribution in [0, 0.1) is 11.8 Å². The Bertz CT molecular complexity index is 251. The molecule has 13 heavy (non-hydrogen) atoms. The first-order chi connectivity index (χ1) is 6.18. The molecule has 4 heteroatoms. The van der Waals surface area contributed by atoms with Crippen molar-refractivity contribution in [3.8, 4) is 0 Å². The molecule has 1 heterocycles. The summed E-state index contributed by atoms with van der Waals surface area (Å²) in [5.41, 5.74) is 0. The summed E-state index contributed by atoms with van der Waals surface area (Å²) in [4.78, 5) is 23.4. The number of carboxylic acid groups (broad SMARTS) is 1. The van der Waals surface area contributed by atoms with E-state index in [4.69, 9.17) is 5.11 Å². The van der Waals surface area contributed by atoms with Crippen molar-refractivity contribution in [1.82, 2.24) is 4.90 Å². The van der Waals surface area contributed by atoms with Crippen molar-refractivity contribution in [2.24, 2.45) is 11.8 Å². The maximum atomic E-state index is 11.4. The number of carbonyl (C=O) groups is 2. The van der Waals surface area contributed by atoms with Crippen molar-refractivity contribution in [2.45, 2.75) is 19.3 Å². The Labute approximate surface area is 76.5 Å². The highest BCUT2D eigenvalue weighted by Crippen LogP contribution is 2.35. The average Bonchev–Trinajstić information content (AvgIpc) is 2.47. The first kappa shape index (κ1) is 8.53. The summed E-state index contributed by atoms with van der Waals surface area (Å²) >= 11 is 0. The van der Waals surface area contributed by atoms with E-state index in [0.29, 0.717) is 25.4 Å². The van der Waals surface area contributed by atoms with E-state index in [0.717, 1.165) is 12.8 Å². The van der Waals surface area contributed by atoms with Crippen LogP contribution in [0.3, 0.4) is 0 Å². The van der Waals surface area contributed by atoms with Crippen molar-refractivity contribution in [2.75, 3.05) is 13.1 Å². The number of hydrogen-bond donors (Lipinski definition) is 1. The highest BCUT2D eigenvalue weighted by molar-refractivity contribution is 5.84. The largest absolute Gasteiger partial charge is 0.465 e. The summed E-state index contributed by atoms with van der Waals surface area (Å²) in [6.07, 6.45) is 1.60. The van der Waals surface area contributed by atoms with Crippen LogP contribution in [0.5, 0.6) is 0 Å². The van der Waals surface area contributed by atoms with Gasteiger partial charge in [-0.25, -0.2) is 4.79 Å². The molecule has 0 aromatic carbocycles. The second-order valence-corrected chi connectivity index (χ2v) is 3.89. The Hall–Kier alpha value is -1.06. The number of Topliss-reactive ketones (excluding diaryl/α,β-unsaturated/α-hetero) is 1. The standard InChI is InChI=1S/C9H13NO3/c11-8-2-1-6-3-4-10(9(12)13)5-7(6)8/h6-7H,1-5H2,(H,12,13). The minimum atomic E-state index is -0.891. The van der Waals surface area contributed by atoms with Gasteiger partial charge in [0, 0.05) is 25.4 Å². The van der Waals surface area contributed by atoms with Crippen molar-refractivity contribution in [3.63, 3.8) is 0 Å². The van der Waals surface area contributed by atoms with Gasteiger partial charge < -0.3 is 10.0 Å². The van der Waals surface area contributed by atoms with E-state index in [1.165, 1.54) is 4.90 Å². The van der Waals surface area contributed by atoms with Crippen LogP contribution < -0.4 is 0 Å². The van der Waals surface area contributed by atoms with E-state index < -0.39 is 6.09 Å². The number of hydrogen-bond acceptors (Lipinski definition) is 2. The maximum absolute atomic E-state index is 11.4.